The Kier molecular flexibility index (Phi) is 5.04. The van der Waals surface area contributed by atoms with Gasteiger partial charge in [-0.2, -0.15) is 4.98 Å². The molecule has 1 fully saturated rings. The van der Waals surface area contributed by atoms with Gasteiger partial charge in [-0.25, -0.2) is 4.79 Å². The summed E-state index contributed by atoms with van der Waals surface area (Å²) in [5.74, 6) is 0.962. The summed E-state index contributed by atoms with van der Waals surface area (Å²) in [6.45, 7) is 4.73. The van der Waals surface area contributed by atoms with Gasteiger partial charge in [-0.15, -0.1) is 0 Å². The highest BCUT2D eigenvalue weighted by atomic mass is 35.5. The van der Waals surface area contributed by atoms with Crippen LogP contribution in [0, 0.1) is 0 Å². The molecule has 1 aromatic heterocycles. The fourth-order valence-electron chi connectivity index (χ4n) is 2.78. The predicted molar refractivity (Wildman–Crippen MR) is 91.7 cm³/mol. The number of hydrogen-bond acceptors (Lipinski definition) is 4. The molecule has 0 bridgehead atoms. The number of carbonyl (C=O) groups is 1. The number of amides is 2. The van der Waals surface area contributed by atoms with Crippen molar-refractivity contribution >= 4 is 17.6 Å². The van der Waals surface area contributed by atoms with E-state index in [1.807, 2.05) is 26.0 Å². The van der Waals surface area contributed by atoms with Crippen molar-refractivity contribution in [2.45, 2.75) is 45.2 Å². The number of carbonyl (C=O) groups excluding carboxylic acids is 1. The van der Waals surface area contributed by atoms with E-state index in [2.05, 4.69) is 15.5 Å². The third kappa shape index (κ3) is 3.53. The number of aromatic nitrogens is 2. The number of hydrogen-bond donors (Lipinski definition) is 1. The van der Waals surface area contributed by atoms with E-state index in [0.29, 0.717) is 23.3 Å². The summed E-state index contributed by atoms with van der Waals surface area (Å²) >= 11 is 6.01. The van der Waals surface area contributed by atoms with E-state index < -0.39 is 0 Å². The maximum Gasteiger partial charge on any atom is 0.318 e. The zero-order valence-electron chi connectivity index (χ0n) is 13.8. The third-order valence-corrected chi connectivity index (χ3v) is 4.54. The Morgan fingerprint density at radius 2 is 2.38 bits per heavy atom. The molecule has 2 atom stereocenters. The second-order valence-electron chi connectivity index (χ2n) is 6.08. The molecule has 0 unspecified atom stereocenters. The van der Waals surface area contributed by atoms with Crippen LogP contribution in [0.25, 0.3) is 11.4 Å². The summed E-state index contributed by atoms with van der Waals surface area (Å²) in [6, 6.07) is 7.20. The summed E-state index contributed by atoms with van der Waals surface area (Å²) < 4.78 is 5.43. The Labute approximate surface area is 146 Å². The van der Waals surface area contributed by atoms with Crippen molar-refractivity contribution in [3.05, 3.63) is 35.2 Å². The average Bonchev–Trinajstić information content (AvgIpc) is 3.23. The molecule has 0 radical (unpaired) electrons. The van der Waals surface area contributed by atoms with Gasteiger partial charge in [-0.3, -0.25) is 0 Å². The van der Waals surface area contributed by atoms with E-state index >= 15 is 0 Å². The van der Waals surface area contributed by atoms with Crippen molar-refractivity contribution in [3.63, 3.8) is 0 Å². The summed E-state index contributed by atoms with van der Waals surface area (Å²) in [7, 11) is 0. The van der Waals surface area contributed by atoms with E-state index in [1.54, 1.807) is 17.0 Å². The lowest BCUT2D eigenvalue weighted by Gasteiger charge is -2.24. The standard InChI is InChI=1S/C17H21ClN4O2/c1-3-11(2)19-17(23)22-9-5-8-14(22)16-20-15(21-24-16)12-6-4-7-13(18)10-12/h4,6-7,10-11,14H,3,5,8-9H2,1-2H3,(H,19,23)/t11-,14+/m1/s1. The van der Waals surface area contributed by atoms with Crippen LogP contribution in [0.2, 0.25) is 5.02 Å². The Hall–Kier alpha value is -2.08. The molecular weight excluding hydrogens is 328 g/mol. The Morgan fingerprint density at radius 3 is 3.12 bits per heavy atom. The van der Waals surface area contributed by atoms with Crippen LogP contribution >= 0.6 is 11.6 Å². The minimum atomic E-state index is -0.172. The normalized spacial score (nSPS) is 18.6. The molecule has 3 rings (SSSR count). The first-order chi connectivity index (χ1) is 11.6. The first kappa shape index (κ1) is 16.8. The van der Waals surface area contributed by atoms with Crippen molar-refractivity contribution in [3.8, 4) is 11.4 Å². The summed E-state index contributed by atoms with van der Waals surface area (Å²) in [5, 5.41) is 7.66. The molecule has 0 spiro atoms. The molecule has 2 heterocycles. The van der Waals surface area contributed by atoms with Gasteiger partial charge < -0.3 is 14.7 Å². The maximum absolute atomic E-state index is 12.4. The molecule has 24 heavy (non-hydrogen) atoms. The number of rotatable bonds is 4. The molecule has 6 nitrogen and oxygen atoms in total. The second-order valence-corrected chi connectivity index (χ2v) is 6.51. The van der Waals surface area contributed by atoms with Gasteiger partial charge in [-0.1, -0.05) is 35.8 Å². The number of halogens is 1. The topological polar surface area (TPSA) is 71.3 Å². The first-order valence-corrected chi connectivity index (χ1v) is 8.63. The van der Waals surface area contributed by atoms with Crippen molar-refractivity contribution < 1.29 is 9.32 Å². The largest absolute Gasteiger partial charge is 0.337 e. The van der Waals surface area contributed by atoms with Crippen LogP contribution in [0.3, 0.4) is 0 Å². The Bertz CT molecular complexity index is 718. The van der Waals surface area contributed by atoms with Gasteiger partial charge >= 0.3 is 6.03 Å². The van der Waals surface area contributed by atoms with Crippen LogP contribution in [-0.2, 0) is 0 Å². The van der Waals surface area contributed by atoms with Crippen LogP contribution in [0.15, 0.2) is 28.8 Å². The number of nitrogens with zero attached hydrogens (tertiary/aromatic N) is 3. The lowest BCUT2D eigenvalue weighted by atomic mass is 10.2. The number of nitrogens with one attached hydrogen (secondary N) is 1. The van der Waals surface area contributed by atoms with E-state index in [9.17, 15) is 4.79 Å². The highest BCUT2D eigenvalue weighted by Crippen LogP contribution is 2.32. The van der Waals surface area contributed by atoms with Gasteiger partial charge in [0, 0.05) is 23.2 Å². The van der Waals surface area contributed by atoms with Crippen LogP contribution in [0.5, 0.6) is 0 Å². The Morgan fingerprint density at radius 1 is 1.54 bits per heavy atom. The van der Waals surface area contributed by atoms with Gasteiger partial charge in [0.15, 0.2) is 0 Å². The molecule has 1 aliphatic rings. The molecule has 0 saturated carbocycles. The summed E-state index contributed by atoms with van der Waals surface area (Å²) in [5.41, 5.74) is 0.797. The summed E-state index contributed by atoms with van der Waals surface area (Å²) in [6.07, 6.45) is 2.64. The molecule has 0 aliphatic carbocycles. The first-order valence-electron chi connectivity index (χ1n) is 8.25. The van der Waals surface area contributed by atoms with Gasteiger partial charge in [0.1, 0.15) is 6.04 Å². The monoisotopic (exact) mass is 348 g/mol. The van der Waals surface area contributed by atoms with Gasteiger partial charge in [0.05, 0.1) is 0 Å². The minimum Gasteiger partial charge on any atom is -0.337 e. The van der Waals surface area contributed by atoms with Crippen molar-refractivity contribution in [2.75, 3.05) is 6.54 Å². The fourth-order valence-corrected chi connectivity index (χ4v) is 2.97. The van der Waals surface area contributed by atoms with Crippen LogP contribution in [-0.4, -0.2) is 33.7 Å². The zero-order valence-corrected chi connectivity index (χ0v) is 14.6. The van der Waals surface area contributed by atoms with Crippen molar-refractivity contribution in [2.24, 2.45) is 0 Å². The van der Waals surface area contributed by atoms with E-state index in [1.165, 1.54) is 0 Å². The smallest absolute Gasteiger partial charge is 0.318 e. The molecule has 2 aromatic rings. The van der Waals surface area contributed by atoms with E-state index in [0.717, 1.165) is 24.8 Å². The van der Waals surface area contributed by atoms with Crippen LogP contribution in [0.1, 0.15) is 45.0 Å². The van der Waals surface area contributed by atoms with Gasteiger partial charge in [-0.05, 0) is 38.3 Å². The number of benzene rings is 1. The van der Waals surface area contributed by atoms with Crippen molar-refractivity contribution in [1.82, 2.24) is 20.4 Å². The summed E-state index contributed by atoms with van der Waals surface area (Å²) in [4.78, 5) is 18.7. The van der Waals surface area contributed by atoms with Gasteiger partial charge in [0.25, 0.3) is 0 Å². The van der Waals surface area contributed by atoms with Crippen LogP contribution in [0.4, 0.5) is 4.79 Å². The van der Waals surface area contributed by atoms with Gasteiger partial charge in [0.2, 0.25) is 11.7 Å². The SMILES string of the molecule is CC[C@@H](C)NC(=O)N1CCC[C@H]1c1nc(-c2cccc(Cl)c2)no1. The molecule has 2 amide bonds. The number of urea groups is 1. The molecule has 1 aliphatic heterocycles. The Balaban J connectivity index is 1.77. The molecule has 1 aromatic carbocycles. The molecule has 1 saturated heterocycles. The van der Waals surface area contributed by atoms with E-state index in [-0.39, 0.29) is 18.1 Å². The predicted octanol–water partition coefficient (Wildman–Crippen LogP) is 4.04. The maximum atomic E-state index is 12.4. The quantitative estimate of drug-likeness (QED) is 0.905. The van der Waals surface area contributed by atoms with Crippen molar-refractivity contribution in [1.29, 1.82) is 0 Å². The third-order valence-electron chi connectivity index (χ3n) is 4.31. The van der Waals surface area contributed by atoms with E-state index in [4.69, 9.17) is 16.1 Å². The number of likely N-dealkylation sites (tertiary alicyclic amines) is 1. The van der Waals surface area contributed by atoms with Crippen LogP contribution < -0.4 is 5.32 Å². The highest BCUT2D eigenvalue weighted by molar-refractivity contribution is 6.30. The highest BCUT2D eigenvalue weighted by Gasteiger charge is 2.34. The lowest BCUT2D eigenvalue weighted by Crippen LogP contribution is -2.43. The second kappa shape index (κ2) is 7.21. The molecular formula is C17H21ClN4O2. The molecule has 128 valence electrons. The minimum absolute atomic E-state index is 0.0747. The lowest BCUT2D eigenvalue weighted by molar-refractivity contribution is 0.177. The fraction of sp³-hybridized carbons (Fsp3) is 0.471. The zero-order chi connectivity index (χ0) is 17.1. The average molecular weight is 349 g/mol. The molecule has 1 N–H and O–H groups in total. The molecule has 7 heteroatoms.